The number of hydrogen-bond acceptors (Lipinski definition) is 5. The van der Waals surface area contributed by atoms with Gasteiger partial charge in [0.15, 0.2) is 0 Å². The van der Waals surface area contributed by atoms with Gasteiger partial charge >= 0.3 is 5.97 Å². The first-order valence-corrected chi connectivity index (χ1v) is 10.2. The number of Topliss-reactive ketones (excluding diaryl/α,β-unsaturated/α-hetero) is 1. The van der Waals surface area contributed by atoms with Gasteiger partial charge in [-0.3, -0.25) is 9.59 Å². The Morgan fingerprint density at radius 3 is 2.59 bits per heavy atom. The molecule has 0 unspecified atom stereocenters. The van der Waals surface area contributed by atoms with Gasteiger partial charge < -0.3 is 9.94 Å². The lowest BCUT2D eigenvalue weighted by molar-refractivity contribution is -0.770. The van der Waals surface area contributed by atoms with Gasteiger partial charge in [0, 0.05) is 12.3 Å². The quantitative estimate of drug-likeness (QED) is 0.594. The third kappa shape index (κ3) is 2.68. The van der Waals surface area contributed by atoms with Gasteiger partial charge in [-0.15, -0.1) is 10.1 Å². The molecule has 0 amide bonds. The Balaban J connectivity index is 1.60. The molecule has 4 rings (SSSR count). The second kappa shape index (κ2) is 6.17. The average molecular weight is 379 g/mol. The predicted molar refractivity (Wildman–Crippen MR) is 95.1 cm³/mol. The molecule has 4 aliphatic carbocycles. The van der Waals surface area contributed by atoms with Gasteiger partial charge in [-0.05, 0) is 73.5 Å². The Morgan fingerprint density at radius 1 is 1.19 bits per heavy atom. The van der Waals surface area contributed by atoms with Crippen molar-refractivity contribution in [2.45, 2.75) is 71.3 Å². The van der Waals surface area contributed by atoms with Gasteiger partial charge in [0.1, 0.15) is 11.9 Å². The molecule has 0 aliphatic heterocycles. The number of fused-ring (bicyclic) bond motifs is 5. The topological polar surface area (TPSA) is 107 Å². The first-order valence-electron chi connectivity index (χ1n) is 10.2. The highest BCUT2D eigenvalue weighted by atomic mass is 17.0. The maximum absolute atomic E-state index is 13.3. The molecule has 4 saturated carbocycles. The molecule has 0 aromatic carbocycles. The fourth-order valence-electron chi connectivity index (χ4n) is 7.66. The molecule has 0 saturated heterocycles. The Hall–Kier alpha value is -1.66. The third-order valence-electron chi connectivity index (χ3n) is 8.83. The molecule has 7 nitrogen and oxygen atoms in total. The highest BCUT2D eigenvalue weighted by Gasteiger charge is 2.64. The maximum Gasteiger partial charge on any atom is 0.307 e. The van der Waals surface area contributed by atoms with Gasteiger partial charge in [0.2, 0.25) is 0 Å². The van der Waals surface area contributed by atoms with Crippen molar-refractivity contribution in [2.75, 3.05) is 0 Å². The van der Waals surface area contributed by atoms with E-state index in [1.807, 2.05) is 6.92 Å². The standard InChI is InChI=1S/C20H29NO6/c1-19-8-7-12(27-21(25)26)9-11(19)3-4-13-14-5-6-15(18(23)24)20(14,2)10-16(22)17(13)19/h11-15,17H,3-10H2,1-2H3,(H,23,24)/t11-,12+,13-,14-,15+,17+,19-,20-/m0/s1. The Labute approximate surface area is 158 Å². The van der Waals surface area contributed by atoms with E-state index in [1.165, 1.54) is 0 Å². The first kappa shape index (κ1) is 18.7. The summed E-state index contributed by atoms with van der Waals surface area (Å²) in [4.78, 5) is 40.7. The second-order valence-corrected chi connectivity index (χ2v) is 9.87. The number of rotatable bonds is 3. The molecule has 0 radical (unpaired) electrons. The van der Waals surface area contributed by atoms with Crippen molar-refractivity contribution in [3.8, 4) is 0 Å². The molecule has 8 atom stereocenters. The van der Waals surface area contributed by atoms with E-state index < -0.39 is 22.4 Å². The van der Waals surface area contributed by atoms with Crippen LogP contribution in [0.3, 0.4) is 0 Å². The minimum atomic E-state index is -0.761. The zero-order chi connectivity index (χ0) is 19.6. The summed E-state index contributed by atoms with van der Waals surface area (Å²) in [5.41, 5.74) is -0.557. The van der Waals surface area contributed by atoms with Crippen LogP contribution in [0.1, 0.15) is 65.2 Å². The number of carboxylic acid groups (broad SMARTS) is 1. The van der Waals surface area contributed by atoms with Crippen molar-refractivity contribution in [3.05, 3.63) is 10.1 Å². The zero-order valence-electron chi connectivity index (χ0n) is 16.1. The fourth-order valence-corrected chi connectivity index (χ4v) is 7.66. The molecule has 0 bridgehead atoms. The molecule has 1 N–H and O–H groups in total. The van der Waals surface area contributed by atoms with Crippen molar-refractivity contribution >= 4 is 11.8 Å². The highest BCUT2D eigenvalue weighted by molar-refractivity contribution is 5.85. The summed E-state index contributed by atoms with van der Waals surface area (Å²) in [5.74, 6) is -0.152. The summed E-state index contributed by atoms with van der Waals surface area (Å²) in [6.45, 7) is 4.22. The summed E-state index contributed by atoms with van der Waals surface area (Å²) < 4.78 is 0. The van der Waals surface area contributed by atoms with Crippen LogP contribution in [0.2, 0.25) is 0 Å². The average Bonchev–Trinajstić information content (AvgIpc) is 2.91. The smallest absolute Gasteiger partial charge is 0.307 e. The molecule has 0 aromatic rings. The monoisotopic (exact) mass is 379 g/mol. The number of carbonyl (C=O) groups excluding carboxylic acids is 1. The lowest BCUT2D eigenvalue weighted by atomic mass is 9.44. The molecule has 150 valence electrons. The summed E-state index contributed by atoms with van der Waals surface area (Å²) in [5, 5.41) is 19.7. The van der Waals surface area contributed by atoms with E-state index in [2.05, 4.69) is 6.92 Å². The van der Waals surface area contributed by atoms with Gasteiger partial charge in [-0.25, -0.2) is 0 Å². The van der Waals surface area contributed by atoms with Crippen LogP contribution in [-0.2, 0) is 14.4 Å². The Kier molecular flexibility index (Phi) is 4.27. The van der Waals surface area contributed by atoms with Crippen LogP contribution < -0.4 is 0 Å². The van der Waals surface area contributed by atoms with Crippen molar-refractivity contribution in [1.82, 2.24) is 0 Å². The fraction of sp³-hybridized carbons (Fsp3) is 0.900. The lowest BCUT2D eigenvalue weighted by Gasteiger charge is -2.59. The van der Waals surface area contributed by atoms with Gasteiger partial charge in [0.25, 0.3) is 5.09 Å². The number of hydrogen-bond donors (Lipinski definition) is 1. The molecule has 4 fully saturated rings. The maximum atomic E-state index is 13.3. The van der Waals surface area contributed by atoms with Crippen molar-refractivity contribution in [2.24, 2.45) is 40.4 Å². The van der Waals surface area contributed by atoms with E-state index in [0.717, 1.165) is 25.7 Å². The lowest BCUT2D eigenvalue weighted by Crippen LogP contribution is -2.58. The van der Waals surface area contributed by atoms with Gasteiger partial charge in [-0.2, -0.15) is 0 Å². The minimum Gasteiger partial charge on any atom is -0.481 e. The van der Waals surface area contributed by atoms with Crippen LogP contribution in [0.4, 0.5) is 0 Å². The molecule has 27 heavy (non-hydrogen) atoms. The molecular weight excluding hydrogens is 350 g/mol. The Morgan fingerprint density at radius 2 is 1.93 bits per heavy atom. The van der Waals surface area contributed by atoms with E-state index in [0.29, 0.717) is 31.6 Å². The van der Waals surface area contributed by atoms with Gasteiger partial charge in [0.05, 0.1) is 5.92 Å². The normalized spacial score (nSPS) is 48.9. The van der Waals surface area contributed by atoms with Crippen molar-refractivity contribution < 1.29 is 24.6 Å². The van der Waals surface area contributed by atoms with Crippen LogP contribution in [0.15, 0.2) is 0 Å². The number of nitrogens with zero attached hydrogens (tertiary/aromatic N) is 1. The summed E-state index contributed by atoms with van der Waals surface area (Å²) in [7, 11) is 0. The van der Waals surface area contributed by atoms with E-state index in [-0.39, 0.29) is 35.1 Å². The molecule has 0 heterocycles. The predicted octanol–water partition coefficient (Wildman–Crippen LogP) is 3.49. The van der Waals surface area contributed by atoms with E-state index in [9.17, 15) is 24.8 Å². The molecule has 0 aromatic heterocycles. The second-order valence-electron chi connectivity index (χ2n) is 9.87. The van der Waals surface area contributed by atoms with E-state index in [1.54, 1.807) is 0 Å². The number of ketones is 1. The van der Waals surface area contributed by atoms with Crippen LogP contribution in [0.25, 0.3) is 0 Å². The van der Waals surface area contributed by atoms with Crippen LogP contribution >= 0.6 is 0 Å². The number of aliphatic carboxylic acids is 1. The largest absolute Gasteiger partial charge is 0.481 e. The summed E-state index contributed by atoms with van der Waals surface area (Å²) in [6.07, 6.45) is 5.49. The molecule has 7 heteroatoms. The van der Waals surface area contributed by atoms with E-state index in [4.69, 9.17) is 4.84 Å². The highest BCUT2D eigenvalue weighted by Crippen LogP contribution is 2.66. The SMILES string of the molecule is C[C@]12CC[C@@H](O[N+](=O)[O-])C[C@@H]1CC[C@H]1[C@@H]3CC[C@H](C(=O)O)[C@@]3(C)CC(=O)[C@@H]12. The molecular formula is C20H29NO6. The van der Waals surface area contributed by atoms with Crippen LogP contribution in [0.5, 0.6) is 0 Å². The molecule has 4 aliphatic rings. The third-order valence-corrected chi connectivity index (χ3v) is 8.83. The van der Waals surface area contributed by atoms with Gasteiger partial charge in [-0.1, -0.05) is 13.8 Å². The summed E-state index contributed by atoms with van der Waals surface area (Å²) in [6, 6.07) is 0. The van der Waals surface area contributed by atoms with E-state index >= 15 is 0 Å². The Bertz CT molecular complexity index is 679. The summed E-state index contributed by atoms with van der Waals surface area (Å²) >= 11 is 0. The van der Waals surface area contributed by atoms with Crippen molar-refractivity contribution in [3.63, 3.8) is 0 Å². The van der Waals surface area contributed by atoms with Crippen molar-refractivity contribution in [1.29, 1.82) is 0 Å². The molecule has 0 spiro atoms. The zero-order valence-corrected chi connectivity index (χ0v) is 16.1. The minimum absolute atomic E-state index is 0.0292. The van der Waals surface area contributed by atoms with Crippen LogP contribution in [0, 0.1) is 50.5 Å². The number of carbonyl (C=O) groups is 2. The first-order chi connectivity index (χ1) is 12.7. The van der Waals surface area contributed by atoms with Crippen LogP contribution in [-0.4, -0.2) is 28.0 Å². The number of carboxylic acids is 1.